The molecular weight excluding hydrogens is 244 g/mol. The molecule has 0 radical (unpaired) electrons. The van der Waals surface area contributed by atoms with E-state index in [1.807, 2.05) is 6.08 Å². The molecule has 0 aromatic heterocycles. The molecule has 0 saturated heterocycles. The van der Waals surface area contributed by atoms with Crippen LogP contribution < -0.4 is 4.74 Å². The highest BCUT2D eigenvalue weighted by molar-refractivity contribution is 5.51. The summed E-state index contributed by atoms with van der Waals surface area (Å²) in [5.41, 5.74) is 2.34. The van der Waals surface area contributed by atoms with E-state index in [0.29, 0.717) is 6.10 Å². The Hall–Kier alpha value is -1.24. The summed E-state index contributed by atoms with van der Waals surface area (Å²) in [6, 6.07) is 6.25. The molecule has 0 bridgehead atoms. The Morgan fingerprint density at radius 2 is 1.85 bits per heavy atom. The number of ether oxygens (including phenoxy) is 1. The standard InChI is InChI=1S/C19H30O/c1-5-7-8-9-10-11-12-17(4)20-19-14-13-18(6-2)15-16(19)3/h6,13-15,17H,2,5,7-12H2,1,3-4H3. The monoisotopic (exact) mass is 274 g/mol. The van der Waals surface area contributed by atoms with Crippen LogP contribution in [-0.4, -0.2) is 6.10 Å². The van der Waals surface area contributed by atoms with Crippen molar-refractivity contribution in [1.82, 2.24) is 0 Å². The molecule has 1 aromatic carbocycles. The molecular formula is C19H30O. The Morgan fingerprint density at radius 3 is 2.50 bits per heavy atom. The molecule has 0 heterocycles. The topological polar surface area (TPSA) is 9.23 Å². The molecule has 0 N–H and O–H groups in total. The molecule has 0 aliphatic carbocycles. The molecule has 0 saturated carbocycles. The maximum atomic E-state index is 6.04. The predicted octanol–water partition coefficient (Wildman–Crippen LogP) is 6.16. The first kappa shape index (κ1) is 16.8. The number of hydrogen-bond acceptors (Lipinski definition) is 1. The smallest absolute Gasteiger partial charge is 0.122 e. The molecule has 0 spiro atoms. The lowest BCUT2D eigenvalue weighted by Crippen LogP contribution is -2.12. The molecule has 1 atom stereocenters. The van der Waals surface area contributed by atoms with Crippen molar-refractivity contribution in [3.05, 3.63) is 35.9 Å². The number of aryl methyl sites for hydroxylation is 1. The first-order chi connectivity index (χ1) is 9.67. The van der Waals surface area contributed by atoms with Gasteiger partial charge in [-0.2, -0.15) is 0 Å². The van der Waals surface area contributed by atoms with Crippen molar-refractivity contribution in [1.29, 1.82) is 0 Å². The van der Waals surface area contributed by atoms with Gasteiger partial charge in [0.2, 0.25) is 0 Å². The lowest BCUT2D eigenvalue weighted by Gasteiger charge is -2.16. The van der Waals surface area contributed by atoms with Crippen LogP contribution in [-0.2, 0) is 0 Å². The highest BCUT2D eigenvalue weighted by Gasteiger charge is 2.06. The molecule has 20 heavy (non-hydrogen) atoms. The van der Waals surface area contributed by atoms with Gasteiger partial charge in [0, 0.05) is 0 Å². The van der Waals surface area contributed by atoms with E-state index in [-0.39, 0.29) is 0 Å². The van der Waals surface area contributed by atoms with Crippen molar-refractivity contribution >= 4 is 6.08 Å². The zero-order chi connectivity index (χ0) is 14.8. The van der Waals surface area contributed by atoms with Crippen LogP contribution in [0.4, 0.5) is 0 Å². The normalized spacial score (nSPS) is 12.2. The van der Waals surface area contributed by atoms with Crippen LogP contribution in [0.5, 0.6) is 5.75 Å². The summed E-state index contributed by atoms with van der Waals surface area (Å²) in [7, 11) is 0. The van der Waals surface area contributed by atoms with Crippen LogP contribution in [0.2, 0.25) is 0 Å². The highest BCUT2D eigenvalue weighted by atomic mass is 16.5. The lowest BCUT2D eigenvalue weighted by molar-refractivity contribution is 0.205. The Kier molecular flexibility index (Phi) is 8.10. The fourth-order valence-electron chi connectivity index (χ4n) is 2.42. The van der Waals surface area contributed by atoms with Crippen molar-refractivity contribution in [2.24, 2.45) is 0 Å². The molecule has 1 aromatic rings. The predicted molar refractivity (Wildman–Crippen MR) is 89.4 cm³/mol. The minimum absolute atomic E-state index is 0.300. The minimum Gasteiger partial charge on any atom is -0.490 e. The van der Waals surface area contributed by atoms with Crippen LogP contribution in [0.15, 0.2) is 24.8 Å². The zero-order valence-corrected chi connectivity index (χ0v) is 13.5. The van der Waals surface area contributed by atoms with Crippen molar-refractivity contribution < 1.29 is 4.74 Å². The SMILES string of the molecule is C=Cc1ccc(OC(C)CCCCCCCC)c(C)c1. The highest BCUT2D eigenvalue weighted by Crippen LogP contribution is 2.22. The first-order valence-electron chi connectivity index (χ1n) is 8.07. The summed E-state index contributed by atoms with van der Waals surface area (Å²) in [6.07, 6.45) is 11.4. The Balaban J connectivity index is 2.28. The molecule has 0 aliphatic rings. The van der Waals surface area contributed by atoms with E-state index in [1.165, 1.54) is 44.1 Å². The second-order valence-corrected chi connectivity index (χ2v) is 5.71. The Bertz CT molecular complexity index is 395. The number of rotatable bonds is 10. The third-order valence-corrected chi connectivity index (χ3v) is 3.73. The largest absolute Gasteiger partial charge is 0.490 e. The second kappa shape index (κ2) is 9.63. The van der Waals surface area contributed by atoms with Crippen molar-refractivity contribution in [3.8, 4) is 5.75 Å². The molecule has 0 fully saturated rings. The van der Waals surface area contributed by atoms with Crippen molar-refractivity contribution in [3.63, 3.8) is 0 Å². The van der Waals surface area contributed by atoms with Gasteiger partial charge >= 0.3 is 0 Å². The Labute approximate surface area is 125 Å². The van der Waals surface area contributed by atoms with Gasteiger partial charge in [-0.1, -0.05) is 57.7 Å². The fraction of sp³-hybridized carbons (Fsp3) is 0.579. The summed E-state index contributed by atoms with van der Waals surface area (Å²) in [4.78, 5) is 0. The molecule has 1 rings (SSSR count). The van der Waals surface area contributed by atoms with E-state index in [2.05, 4.69) is 45.5 Å². The van der Waals surface area contributed by atoms with Crippen LogP contribution in [0.3, 0.4) is 0 Å². The summed E-state index contributed by atoms with van der Waals surface area (Å²) in [5.74, 6) is 1.01. The van der Waals surface area contributed by atoms with E-state index >= 15 is 0 Å². The number of benzene rings is 1. The molecule has 1 unspecified atom stereocenters. The van der Waals surface area contributed by atoms with Gasteiger partial charge in [0.05, 0.1) is 6.10 Å². The summed E-state index contributed by atoms with van der Waals surface area (Å²) < 4.78 is 6.04. The van der Waals surface area contributed by atoms with Crippen molar-refractivity contribution in [2.45, 2.75) is 71.8 Å². The van der Waals surface area contributed by atoms with E-state index < -0.39 is 0 Å². The van der Waals surface area contributed by atoms with Crippen LogP contribution in [0, 0.1) is 6.92 Å². The summed E-state index contributed by atoms with van der Waals surface area (Å²) in [5, 5.41) is 0. The average molecular weight is 274 g/mol. The molecule has 0 aliphatic heterocycles. The van der Waals surface area contributed by atoms with Crippen LogP contribution in [0.1, 0.15) is 69.9 Å². The van der Waals surface area contributed by atoms with E-state index in [4.69, 9.17) is 4.74 Å². The van der Waals surface area contributed by atoms with Gasteiger partial charge in [0.15, 0.2) is 0 Å². The van der Waals surface area contributed by atoms with Crippen molar-refractivity contribution in [2.75, 3.05) is 0 Å². The molecule has 1 nitrogen and oxygen atoms in total. The third kappa shape index (κ3) is 6.27. The fourth-order valence-corrected chi connectivity index (χ4v) is 2.42. The van der Waals surface area contributed by atoms with Gasteiger partial charge in [-0.3, -0.25) is 0 Å². The number of unbranched alkanes of at least 4 members (excludes halogenated alkanes) is 5. The maximum absolute atomic E-state index is 6.04. The van der Waals surface area contributed by atoms with Gasteiger partial charge in [0.25, 0.3) is 0 Å². The van der Waals surface area contributed by atoms with Crippen LogP contribution >= 0.6 is 0 Å². The minimum atomic E-state index is 0.300. The van der Waals surface area contributed by atoms with Crippen LogP contribution in [0.25, 0.3) is 6.08 Å². The summed E-state index contributed by atoms with van der Waals surface area (Å²) >= 11 is 0. The van der Waals surface area contributed by atoms with Gasteiger partial charge in [-0.15, -0.1) is 0 Å². The van der Waals surface area contributed by atoms with E-state index in [1.54, 1.807) is 0 Å². The van der Waals surface area contributed by atoms with Gasteiger partial charge < -0.3 is 4.74 Å². The second-order valence-electron chi connectivity index (χ2n) is 5.71. The molecule has 1 heteroatoms. The first-order valence-corrected chi connectivity index (χ1v) is 8.07. The van der Waals surface area contributed by atoms with E-state index in [0.717, 1.165) is 17.7 Å². The zero-order valence-electron chi connectivity index (χ0n) is 13.5. The van der Waals surface area contributed by atoms with E-state index in [9.17, 15) is 0 Å². The Morgan fingerprint density at radius 1 is 1.15 bits per heavy atom. The molecule has 0 amide bonds. The average Bonchev–Trinajstić information content (AvgIpc) is 2.45. The number of hydrogen-bond donors (Lipinski definition) is 0. The van der Waals surface area contributed by atoms with Gasteiger partial charge in [-0.25, -0.2) is 0 Å². The summed E-state index contributed by atoms with van der Waals surface area (Å²) in [6.45, 7) is 10.3. The van der Waals surface area contributed by atoms with Gasteiger partial charge in [-0.05, 0) is 49.9 Å². The maximum Gasteiger partial charge on any atom is 0.122 e. The molecule has 112 valence electrons. The quantitative estimate of drug-likeness (QED) is 0.464. The third-order valence-electron chi connectivity index (χ3n) is 3.73. The van der Waals surface area contributed by atoms with Gasteiger partial charge in [0.1, 0.15) is 5.75 Å². The lowest BCUT2D eigenvalue weighted by atomic mass is 10.1.